The summed E-state index contributed by atoms with van der Waals surface area (Å²) in [5.74, 6) is -6.79. The highest BCUT2D eigenvalue weighted by atomic mass is 16.8. The summed E-state index contributed by atoms with van der Waals surface area (Å²) in [7, 11) is 1.54. The van der Waals surface area contributed by atoms with Crippen molar-refractivity contribution >= 4 is 17.9 Å². The number of carbonyl (C=O) groups is 2. The SMILES string of the molecule is C=CC1C(OC2OC(CO)C(O)C(O)(O)C2OCNC)OC=C(C(=O)OC2CCC3(CCCC3)C2)C1C=CC1=C(NC(N)=NCCCO)C(C(=O)O)=CN(CCO)C1. The van der Waals surface area contributed by atoms with Crippen LogP contribution in [-0.2, 0) is 33.3 Å². The monoisotopic (exact) mass is 821 g/mol. The van der Waals surface area contributed by atoms with Gasteiger partial charge in [-0.05, 0) is 56.6 Å². The number of carbonyl (C=O) groups excluding carboxylic acids is 1. The smallest absolute Gasteiger partial charge is 0.339 e. The number of β-amino-alcohol motifs (C(OH)–C–C–N with tert-alkyl or cyclic N) is 1. The third kappa shape index (κ3) is 10.5. The van der Waals surface area contributed by atoms with Crippen LogP contribution in [-0.4, -0.2) is 155 Å². The van der Waals surface area contributed by atoms with Crippen molar-refractivity contribution in [2.75, 3.05) is 53.2 Å². The summed E-state index contributed by atoms with van der Waals surface area (Å²) in [6.45, 7) is 2.97. The predicted molar refractivity (Wildman–Crippen MR) is 205 cm³/mol. The fourth-order valence-electron chi connectivity index (χ4n) is 8.39. The lowest BCUT2D eigenvalue weighted by Gasteiger charge is -2.47. The number of allylic oxidation sites excluding steroid dienone is 1. The van der Waals surface area contributed by atoms with Gasteiger partial charge in [-0.2, -0.15) is 0 Å². The van der Waals surface area contributed by atoms with Crippen LogP contribution in [0, 0.1) is 17.3 Å². The Kier molecular flexibility index (Phi) is 15.9. The number of ether oxygens (including phenoxy) is 5. The van der Waals surface area contributed by atoms with Gasteiger partial charge in [0.1, 0.15) is 18.3 Å². The van der Waals surface area contributed by atoms with E-state index in [-0.39, 0.29) is 73.9 Å². The van der Waals surface area contributed by atoms with Crippen molar-refractivity contribution in [2.24, 2.45) is 28.0 Å². The molecule has 5 aliphatic rings. The van der Waals surface area contributed by atoms with Gasteiger partial charge in [0.2, 0.25) is 12.1 Å². The molecule has 0 radical (unpaired) electrons. The Hall–Kier alpha value is -3.89. The molecule has 58 heavy (non-hydrogen) atoms. The van der Waals surface area contributed by atoms with Crippen LogP contribution in [0.4, 0.5) is 0 Å². The van der Waals surface area contributed by atoms with E-state index in [1.165, 1.54) is 18.5 Å². The molecule has 3 fully saturated rings. The van der Waals surface area contributed by atoms with Crippen LogP contribution in [0.5, 0.6) is 0 Å². The van der Waals surface area contributed by atoms with E-state index in [0.29, 0.717) is 12.0 Å². The summed E-state index contributed by atoms with van der Waals surface area (Å²) < 4.78 is 29.7. The first-order valence-corrected chi connectivity index (χ1v) is 19.7. The molecule has 8 atom stereocenters. The van der Waals surface area contributed by atoms with Gasteiger partial charge in [0.05, 0.1) is 49.0 Å². The molecule has 0 aromatic rings. The van der Waals surface area contributed by atoms with E-state index in [1.54, 1.807) is 24.1 Å². The highest BCUT2D eigenvalue weighted by molar-refractivity contribution is 5.95. The Balaban J connectivity index is 1.52. The molecule has 2 aliphatic carbocycles. The lowest BCUT2D eigenvalue weighted by Crippen LogP contribution is -2.69. The van der Waals surface area contributed by atoms with Crippen molar-refractivity contribution < 1.29 is 69.0 Å². The zero-order valence-corrected chi connectivity index (χ0v) is 32.8. The molecular weight excluding hydrogens is 762 g/mol. The molecule has 11 N–H and O–H groups in total. The van der Waals surface area contributed by atoms with Gasteiger partial charge in [-0.15, -0.1) is 6.58 Å². The van der Waals surface area contributed by atoms with Gasteiger partial charge in [-0.3, -0.25) is 10.3 Å². The van der Waals surface area contributed by atoms with Crippen LogP contribution in [0.1, 0.15) is 51.4 Å². The average molecular weight is 822 g/mol. The quantitative estimate of drug-likeness (QED) is 0.0198. The second kappa shape index (κ2) is 20.4. The number of esters is 1. The average Bonchev–Trinajstić information content (AvgIpc) is 3.83. The number of nitrogens with zero attached hydrogens (tertiary/aromatic N) is 2. The molecule has 8 unspecified atom stereocenters. The molecule has 0 aromatic carbocycles. The van der Waals surface area contributed by atoms with Crippen LogP contribution in [0.3, 0.4) is 0 Å². The molecule has 324 valence electrons. The first-order chi connectivity index (χ1) is 27.8. The molecular formula is C39H59N5O14. The third-order valence-electron chi connectivity index (χ3n) is 11.4. The molecule has 19 nitrogen and oxygen atoms in total. The number of carboxylic acids is 1. The topological polar surface area (TPSA) is 288 Å². The molecule has 0 aromatic heterocycles. The van der Waals surface area contributed by atoms with E-state index in [2.05, 4.69) is 22.2 Å². The maximum Gasteiger partial charge on any atom is 0.339 e. The first-order valence-electron chi connectivity index (χ1n) is 19.7. The lowest BCUT2D eigenvalue weighted by atomic mass is 9.83. The summed E-state index contributed by atoms with van der Waals surface area (Å²) in [6.07, 6.45) is 6.09. The number of hydrogen-bond donors (Lipinski definition) is 10. The Labute approximate surface area is 337 Å². The van der Waals surface area contributed by atoms with Crippen LogP contribution in [0.2, 0.25) is 0 Å². The summed E-state index contributed by atoms with van der Waals surface area (Å²) in [5.41, 5.74) is 6.73. The summed E-state index contributed by atoms with van der Waals surface area (Å²) in [5, 5.41) is 77.2. The molecule has 0 bridgehead atoms. The predicted octanol–water partition coefficient (Wildman–Crippen LogP) is -0.988. The maximum atomic E-state index is 14.1. The molecule has 19 heteroatoms. The van der Waals surface area contributed by atoms with E-state index in [0.717, 1.165) is 44.9 Å². The van der Waals surface area contributed by atoms with Crippen molar-refractivity contribution in [1.29, 1.82) is 0 Å². The molecule has 1 spiro atoms. The Morgan fingerprint density at radius 2 is 1.91 bits per heavy atom. The number of guanidine groups is 1. The summed E-state index contributed by atoms with van der Waals surface area (Å²) in [6, 6.07) is 0. The van der Waals surface area contributed by atoms with E-state index < -0.39 is 67.1 Å². The number of aliphatic imine (C=N–C) groups is 1. The van der Waals surface area contributed by atoms with E-state index >= 15 is 0 Å². The minimum absolute atomic E-state index is 0.0976. The molecule has 1 saturated heterocycles. The van der Waals surface area contributed by atoms with Crippen molar-refractivity contribution in [3.8, 4) is 0 Å². The van der Waals surface area contributed by atoms with Crippen LogP contribution >= 0.6 is 0 Å². The summed E-state index contributed by atoms with van der Waals surface area (Å²) in [4.78, 5) is 32.5. The second-order valence-electron chi connectivity index (χ2n) is 15.3. The highest BCUT2D eigenvalue weighted by Crippen LogP contribution is 2.51. The van der Waals surface area contributed by atoms with E-state index in [1.807, 2.05) is 0 Å². The van der Waals surface area contributed by atoms with Crippen LogP contribution < -0.4 is 16.4 Å². The van der Waals surface area contributed by atoms with Gasteiger partial charge in [0.15, 0.2) is 18.4 Å². The van der Waals surface area contributed by atoms with E-state index in [4.69, 9.17) is 29.4 Å². The molecule has 0 amide bonds. The number of nitrogens with one attached hydrogen (secondary N) is 2. The fraction of sp³-hybridized carbons (Fsp3) is 0.667. The van der Waals surface area contributed by atoms with Gasteiger partial charge >= 0.3 is 11.9 Å². The number of rotatable bonds is 18. The van der Waals surface area contributed by atoms with Gasteiger partial charge in [0, 0.05) is 38.4 Å². The highest BCUT2D eigenvalue weighted by Gasteiger charge is 2.57. The third-order valence-corrected chi connectivity index (χ3v) is 11.4. The van der Waals surface area contributed by atoms with Gasteiger partial charge in [-0.25, -0.2) is 9.59 Å². The van der Waals surface area contributed by atoms with Crippen LogP contribution in [0.25, 0.3) is 0 Å². The number of hydrogen-bond acceptors (Lipinski definition) is 16. The van der Waals surface area contributed by atoms with Crippen molar-refractivity contribution in [2.45, 2.75) is 94.1 Å². The first kappa shape index (κ1) is 45.2. The number of aliphatic hydroxyl groups excluding tert-OH is 4. The van der Waals surface area contributed by atoms with Crippen LogP contribution in [0.15, 0.2) is 64.7 Å². The van der Waals surface area contributed by atoms with Crippen molar-refractivity contribution in [3.05, 3.63) is 59.7 Å². The zero-order chi connectivity index (χ0) is 42.0. The normalized spacial score (nSPS) is 30.9. The number of aliphatic carboxylic acids is 1. The van der Waals surface area contributed by atoms with E-state index in [9.17, 15) is 45.3 Å². The Bertz CT molecular complexity index is 1610. The van der Waals surface area contributed by atoms with Crippen molar-refractivity contribution in [1.82, 2.24) is 15.5 Å². The minimum atomic E-state index is -2.94. The minimum Gasteiger partial charge on any atom is -0.478 e. The van der Waals surface area contributed by atoms with Gasteiger partial charge < -0.3 is 75.4 Å². The Morgan fingerprint density at radius 1 is 1.16 bits per heavy atom. The molecule has 2 saturated carbocycles. The molecule has 3 heterocycles. The standard InChI is InChI=1S/C39H59N5O14/c1-3-25-26(8-7-23-18-44(14-16-46)19-27(33(49)50)30(23)43-37(40)42-13-6-15-45)28(34(51)56-24-9-12-38(17-24)10-4-5-11-38)21-54-35(25)58-36-32(55-22-41-2)39(52,53)31(48)29(20-47)57-36/h3,7-8,19,21,24-26,29,31-32,35-36,41,45-48,52-53H,1,4-6,9-18,20,22H2,2H3,(H,49,50)(H3,40,42,43). The summed E-state index contributed by atoms with van der Waals surface area (Å²) >= 11 is 0. The maximum absolute atomic E-state index is 14.1. The molecule has 3 aliphatic heterocycles. The Morgan fingerprint density at radius 3 is 2.57 bits per heavy atom. The number of carboxylic acid groups (broad SMARTS) is 1. The lowest BCUT2D eigenvalue weighted by molar-refractivity contribution is -0.410. The zero-order valence-electron chi connectivity index (χ0n) is 32.8. The van der Waals surface area contributed by atoms with Gasteiger partial charge in [-0.1, -0.05) is 31.1 Å². The fourth-order valence-corrected chi connectivity index (χ4v) is 8.39. The second-order valence-corrected chi connectivity index (χ2v) is 15.3. The number of aliphatic hydroxyl groups is 6. The van der Waals surface area contributed by atoms with Crippen molar-refractivity contribution in [3.63, 3.8) is 0 Å². The van der Waals surface area contributed by atoms with Gasteiger partial charge in [0.25, 0.3) is 0 Å². The number of nitrogens with two attached hydrogens (primary N) is 1. The molecule has 5 rings (SSSR count). The largest absolute Gasteiger partial charge is 0.478 e.